The second kappa shape index (κ2) is 13.0. The summed E-state index contributed by atoms with van der Waals surface area (Å²) in [6.07, 6.45) is -1.25. The van der Waals surface area contributed by atoms with Crippen LogP contribution >= 0.6 is 0 Å². The number of rotatable bonds is 15. The molecule has 0 fully saturated rings. The molecule has 0 saturated carbocycles. The van der Waals surface area contributed by atoms with Gasteiger partial charge in [-0.25, -0.2) is 0 Å². The Balaban J connectivity index is 2.23. The van der Waals surface area contributed by atoms with Crippen LogP contribution in [0.15, 0.2) is 36.4 Å². The highest BCUT2D eigenvalue weighted by Gasteiger charge is 2.26. The Kier molecular flexibility index (Phi) is 10.1. The number of nitro groups is 2. The lowest BCUT2D eigenvalue weighted by atomic mass is 10.1. The van der Waals surface area contributed by atoms with E-state index in [0.717, 1.165) is 12.1 Å². The van der Waals surface area contributed by atoms with Gasteiger partial charge in [0, 0.05) is 49.6 Å². The quantitative estimate of drug-likeness (QED) is 0.204. The van der Waals surface area contributed by atoms with Crippen LogP contribution in [0.2, 0.25) is 0 Å². The van der Waals surface area contributed by atoms with E-state index in [1.165, 1.54) is 24.3 Å². The van der Waals surface area contributed by atoms with E-state index >= 15 is 0 Å². The van der Waals surface area contributed by atoms with Crippen molar-refractivity contribution in [1.29, 1.82) is 0 Å². The average molecular weight is 505 g/mol. The Morgan fingerprint density at radius 2 is 1.17 bits per heavy atom. The first-order chi connectivity index (χ1) is 17.1. The Morgan fingerprint density at radius 1 is 0.806 bits per heavy atom. The Hall–Kier alpha value is -4.30. The molecular formula is C22H28N6O8. The number of primary amides is 2. The van der Waals surface area contributed by atoms with Crippen LogP contribution in [0.25, 0.3) is 0 Å². The predicted molar refractivity (Wildman–Crippen MR) is 131 cm³/mol. The van der Waals surface area contributed by atoms with Crippen LogP contribution in [0.4, 0.5) is 22.7 Å². The van der Waals surface area contributed by atoms with Crippen LogP contribution in [0.5, 0.6) is 0 Å². The summed E-state index contributed by atoms with van der Waals surface area (Å²) in [4.78, 5) is 44.4. The molecule has 0 radical (unpaired) electrons. The third kappa shape index (κ3) is 7.35. The Morgan fingerprint density at radius 3 is 1.44 bits per heavy atom. The highest BCUT2D eigenvalue weighted by atomic mass is 16.6. The van der Waals surface area contributed by atoms with E-state index in [4.69, 9.17) is 20.9 Å². The summed E-state index contributed by atoms with van der Waals surface area (Å²) < 4.78 is 11.6. The summed E-state index contributed by atoms with van der Waals surface area (Å²) in [5.74, 6) is -1.59. The summed E-state index contributed by atoms with van der Waals surface area (Å²) in [7, 11) is 0. The zero-order valence-electron chi connectivity index (χ0n) is 19.8. The maximum atomic E-state index is 11.5. The lowest BCUT2D eigenvalue weighted by Gasteiger charge is -2.28. The summed E-state index contributed by atoms with van der Waals surface area (Å²) >= 11 is 0. The molecule has 36 heavy (non-hydrogen) atoms. The second-order valence-corrected chi connectivity index (χ2v) is 7.46. The van der Waals surface area contributed by atoms with E-state index in [1.807, 2.05) is 0 Å². The van der Waals surface area contributed by atoms with Gasteiger partial charge in [-0.1, -0.05) is 0 Å². The van der Waals surface area contributed by atoms with Crippen molar-refractivity contribution in [1.82, 2.24) is 0 Å². The summed E-state index contributed by atoms with van der Waals surface area (Å²) in [6.45, 7) is 4.29. The first-order valence-electron chi connectivity index (χ1n) is 11.0. The van der Waals surface area contributed by atoms with Crippen molar-refractivity contribution in [3.8, 4) is 0 Å². The lowest BCUT2D eigenvalue weighted by molar-refractivity contribution is -0.384. The molecule has 2 rings (SSSR count). The number of benzene rings is 2. The highest BCUT2D eigenvalue weighted by molar-refractivity contribution is 5.95. The van der Waals surface area contributed by atoms with E-state index in [2.05, 4.69) is 10.6 Å². The molecule has 0 aromatic heterocycles. The molecule has 14 nitrogen and oxygen atoms in total. The van der Waals surface area contributed by atoms with Gasteiger partial charge in [0.15, 0.2) is 0 Å². The maximum absolute atomic E-state index is 11.5. The van der Waals surface area contributed by atoms with E-state index in [9.17, 15) is 29.8 Å². The molecule has 2 unspecified atom stereocenters. The number of carbonyl (C=O) groups is 2. The summed E-state index contributed by atoms with van der Waals surface area (Å²) in [5.41, 5.74) is 10.0. The topological polar surface area (TPSA) is 215 Å². The fourth-order valence-corrected chi connectivity index (χ4v) is 3.42. The molecule has 0 aliphatic carbocycles. The van der Waals surface area contributed by atoms with Gasteiger partial charge in [0.2, 0.25) is 11.8 Å². The fourth-order valence-electron chi connectivity index (χ4n) is 3.42. The van der Waals surface area contributed by atoms with Crippen molar-refractivity contribution in [3.63, 3.8) is 0 Å². The Labute approximate surface area is 206 Å². The third-order valence-corrected chi connectivity index (χ3v) is 5.12. The largest absolute Gasteiger partial charge is 0.377 e. The SMILES string of the molecule is CCOC(CNc1ccc(C(N)=O)cc1[N+](=O)[O-])C(CNc1ccc(C(N)=O)cc1[N+](=O)[O-])OCC. The van der Waals surface area contributed by atoms with Crippen LogP contribution in [0.3, 0.4) is 0 Å². The zero-order valence-corrected chi connectivity index (χ0v) is 19.8. The molecule has 14 heteroatoms. The normalized spacial score (nSPS) is 12.4. The van der Waals surface area contributed by atoms with E-state index in [0.29, 0.717) is 13.2 Å². The first-order valence-corrected chi connectivity index (χ1v) is 11.0. The van der Waals surface area contributed by atoms with Gasteiger partial charge in [0.25, 0.3) is 11.4 Å². The van der Waals surface area contributed by atoms with Gasteiger partial charge in [0.1, 0.15) is 23.6 Å². The standard InChI is InChI=1S/C22H28N6O8/c1-3-35-19(11-25-15-7-5-13(21(23)29)9-17(15)27(31)32)20(36-4-2)12-26-16-8-6-14(22(24)30)10-18(16)28(33)34/h5-10,19-20,25-26H,3-4,11-12H2,1-2H3,(H2,23,29)(H2,24,30). The van der Waals surface area contributed by atoms with Crippen molar-refractivity contribution in [2.24, 2.45) is 11.5 Å². The molecular weight excluding hydrogens is 476 g/mol. The molecule has 194 valence electrons. The number of carbonyl (C=O) groups excluding carboxylic acids is 2. The van der Waals surface area contributed by atoms with Gasteiger partial charge in [-0.05, 0) is 38.1 Å². The van der Waals surface area contributed by atoms with Crippen LogP contribution in [-0.2, 0) is 9.47 Å². The number of hydrogen-bond acceptors (Lipinski definition) is 10. The van der Waals surface area contributed by atoms with E-state index in [-0.39, 0.29) is 47.0 Å². The number of hydrogen-bond donors (Lipinski definition) is 4. The molecule has 6 N–H and O–H groups in total. The first kappa shape index (κ1) is 27.9. The van der Waals surface area contributed by atoms with Crippen LogP contribution < -0.4 is 22.1 Å². The minimum absolute atomic E-state index is 0.00560. The molecule has 0 aliphatic heterocycles. The zero-order chi connectivity index (χ0) is 26.8. The minimum atomic E-state index is -0.794. The molecule has 0 aliphatic rings. The number of ether oxygens (including phenoxy) is 2. The molecule has 2 aromatic rings. The molecule has 0 heterocycles. The molecule has 0 saturated heterocycles. The molecule has 0 spiro atoms. The van der Waals surface area contributed by atoms with E-state index < -0.39 is 33.9 Å². The van der Waals surface area contributed by atoms with Crippen molar-refractivity contribution in [2.45, 2.75) is 26.1 Å². The Bertz CT molecular complexity index is 1040. The van der Waals surface area contributed by atoms with Gasteiger partial charge in [-0.15, -0.1) is 0 Å². The van der Waals surface area contributed by atoms with Crippen molar-refractivity contribution >= 4 is 34.6 Å². The van der Waals surface area contributed by atoms with Crippen LogP contribution in [-0.4, -0.2) is 60.2 Å². The maximum Gasteiger partial charge on any atom is 0.293 e. The van der Waals surface area contributed by atoms with Crippen LogP contribution in [0, 0.1) is 20.2 Å². The van der Waals surface area contributed by atoms with Crippen LogP contribution in [0.1, 0.15) is 34.6 Å². The smallest absolute Gasteiger partial charge is 0.293 e. The number of amides is 2. The number of anilines is 2. The molecule has 2 amide bonds. The van der Waals surface area contributed by atoms with Gasteiger partial charge >= 0.3 is 0 Å². The van der Waals surface area contributed by atoms with Crippen molar-refractivity contribution in [2.75, 3.05) is 36.9 Å². The van der Waals surface area contributed by atoms with Crippen molar-refractivity contribution in [3.05, 3.63) is 67.8 Å². The second-order valence-electron chi connectivity index (χ2n) is 7.46. The molecule has 2 atom stereocenters. The predicted octanol–water partition coefficient (Wildman–Crippen LogP) is 2.03. The average Bonchev–Trinajstić information content (AvgIpc) is 2.83. The summed E-state index contributed by atoms with van der Waals surface area (Å²) in [6, 6.07) is 7.64. The molecule has 2 aromatic carbocycles. The number of nitro benzene ring substituents is 2. The fraction of sp³-hybridized carbons (Fsp3) is 0.364. The number of nitrogens with two attached hydrogens (primary N) is 2. The van der Waals surface area contributed by atoms with Gasteiger partial charge in [0.05, 0.1) is 9.85 Å². The molecule has 0 bridgehead atoms. The number of nitrogens with one attached hydrogen (secondary N) is 2. The van der Waals surface area contributed by atoms with Gasteiger partial charge in [-0.2, -0.15) is 0 Å². The monoisotopic (exact) mass is 504 g/mol. The minimum Gasteiger partial charge on any atom is -0.377 e. The highest BCUT2D eigenvalue weighted by Crippen LogP contribution is 2.27. The van der Waals surface area contributed by atoms with Gasteiger partial charge < -0.3 is 31.6 Å². The van der Waals surface area contributed by atoms with E-state index in [1.54, 1.807) is 13.8 Å². The van der Waals surface area contributed by atoms with Gasteiger partial charge in [-0.3, -0.25) is 29.8 Å². The lowest BCUT2D eigenvalue weighted by Crippen LogP contribution is -2.42. The summed E-state index contributed by atoms with van der Waals surface area (Å²) in [5, 5.41) is 28.9. The van der Waals surface area contributed by atoms with Crippen molar-refractivity contribution < 1.29 is 28.9 Å². The third-order valence-electron chi connectivity index (χ3n) is 5.12. The number of nitrogens with zero attached hydrogens (tertiary/aromatic N) is 2.